The van der Waals surface area contributed by atoms with E-state index in [9.17, 15) is 9.90 Å². The van der Waals surface area contributed by atoms with E-state index in [1.54, 1.807) is 0 Å². The van der Waals surface area contributed by atoms with E-state index in [4.69, 9.17) is 11.6 Å². The Bertz CT molecular complexity index is 555. The summed E-state index contributed by atoms with van der Waals surface area (Å²) < 4.78 is 0. The first-order valence-electron chi connectivity index (χ1n) is 9.00. The van der Waals surface area contributed by atoms with Crippen LogP contribution in [0.5, 0.6) is 0 Å². The van der Waals surface area contributed by atoms with E-state index in [0.29, 0.717) is 17.0 Å². The van der Waals surface area contributed by atoms with Crippen molar-refractivity contribution < 1.29 is 9.90 Å². The molecule has 24 heavy (non-hydrogen) atoms. The van der Waals surface area contributed by atoms with Gasteiger partial charge < -0.3 is 15.3 Å². The molecule has 1 amide bonds. The highest BCUT2D eigenvalue weighted by atomic mass is 35.5. The maximum atomic E-state index is 12.7. The molecule has 1 aromatic carbocycles. The van der Waals surface area contributed by atoms with Gasteiger partial charge in [-0.15, -0.1) is 0 Å². The van der Waals surface area contributed by atoms with Crippen LogP contribution in [0.2, 0.25) is 5.02 Å². The zero-order chi connectivity index (χ0) is 17.1. The van der Waals surface area contributed by atoms with Crippen molar-refractivity contribution in [3.63, 3.8) is 0 Å². The molecular weight excluding hydrogens is 324 g/mol. The number of piperidine rings is 2. The number of hydrogen-bond acceptors (Lipinski definition) is 3. The van der Waals surface area contributed by atoms with Crippen LogP contribution in [0, 0.1) is 11.8 Å². The van der Waals surface area contributed by atoms with Gasteiger partial charge in [0.05, 0.1) is 6.10 Å². The number of hydrogen-bond donors (Lipinski definition) is 2. The number of halogens is 1. The quantitative estimate of drug-likeness (QED) is 0.881. The molecule has 3 atom stereocenters. The predicted octanol–water partition coefficient (Wildman–Crippen LogP) is 3.00. The van der Waals surface area contributed by atoms with E-state index in [2.05, 4.69) is 12.2 Å². The lowest BCUT2D eigenvalue weighted by atomic mass is 9.86. The molecule has 0 aliphatic carbocycles. The van der Waals surface area contributed by atoms with Crippen LogP contribution < -0.4 is 5.32 Å². The third-order valence-corrected chi connectivity index (χ3v) is 5.73. The summed E-state index contributed by atoms with van der Waals surface area (Å²) in [7, 11) is 0. The maximum absolute atomic E-state index is 12.7. The predicted molar refractivity (Wildman–Crippen MR) is 95.9 cm³/mol. The number of carbonyl (C=O) groups excluding carboxylic acids is 1. The van der Waals surface area contributed by atoms with Crippen molar-refractivity contribution in [1.82, 2.24) is 10.2 Å². The van der Waals surface area contributed by atoms with E-state index in [1.807, 2.05) is 29.2 Å². The van der Waals surface area contributed by atoms with Gasteiger partial charge in [-0.25, -0.2) is 0 Å². The molecule has 3 rings (SSSR count). The van der Waals surface area contributed by atoms with Crippen LogP contribution in [0.15, 0.2) is 24.3 Å². The van der Waals surface area contributed by atoms with E-state index >= 15 is 0 Å². The van der Waals surface area contributed by atoms with Gasteiger partial charge in [0, 0.05) is 30.1 Å². The monoisotopic (exact) mass is 350 g/mol. The second kappa shape index (κ2) is 7.85. The van der Waals surface area contributed by atoms with Crippen molar-refractivity contribution in [1.29, 1.82) is 0 Å². The van der Waals surface area contributed by atoms with E-state index in [0.717, 1.165) is 50.9 Å². The zero-order valence-electron chi connectivity index (χ0n) is 14.2. The Hall–Kier alpha value is -1.10. The molecule has 5 heteroatoms. The van der Waals surface area contributed by atoms with Crippen LogP contribution in [-0.4, -0.2) is 41.6 Å². The number of aliphatic hydroxyl groups is 1. The molecule has 2 N–H and O–H groups in total. The van der Waals surface area contributed by atoms with Crippen LogP contribution in [0.3, 0.4) is 0 Å². The first-order valence-corrected chi connectivity index (χ1v) is 9.38. The van der Waals surface area contributed by atoms with Crippen molar-refractivity contribution in [2.75, 3.05) is 19.6 Å². The smallest absolute Gasteiger partial charge is 0.225 e. The molecule has 2 aliphatic rings. The third kappa shape index (κ3) is 4.11. The number of nitrogens with one attached hydrogen (secondary N) is 1. The summed E-state index contributed by atoms with van der Waals surface area (Å²) in [5.74, 6) is 0.684. The second-order valence-corrected chi connectivity index (χ2v) is 7.67. The Morgan fingerprint density at radius 2 is 1.92 bits per heavy atom. The van der Waals surface area contributed by atoms with Crippen LogP contribution in [-0.2, 0) is 4.79 Å². The highest BCUT2D eigenvalue weighted by Gasteiger charge is 2.32. The molecule has 2 heterocycles. The van der Waals surface area contributed by atoms with Crippen molar-refractivity contribution in [2.24, 2.45) is 11.8 Å². The zero-order valence-corrected chi connectivity index (χ0v) is 15.0. The van der Waals surface area contributed by atoms with E-state index < -0.39 is 6.10 Å². The number of nitrogens with zero attached hydrogens (tertiary/aromatic N) is 1. The van der Waals surface area contributed by atoms with Crippen LogP contribution in [0.4, 0.5) is 0 Å². The molecule has 2 aliphatic heterocycles. The topological polar surface area (TPSA) is 52.6 Å². The summed E-state index contributed by atoms with van der Waals surface area (Å²) in [6.07, 6.45) is 3.12. The molecule has 0 aromatic heterocycles. The molecule has 0 radical (unpaired) electrons. The standard InChI is InChI=1S/C19H27ClN2O2/c1-13-12-16(6-9-21-13)19(24)22-10-7-15(8-11-22)18(23)14-2-4-17(20)5-3-14/h2-5,13,15-16,18,21,23H,6-12H2,1H3/t13-,16-,18?/m0/s1. The number of aliphatic hydroxyl groups excluding tert-OH is 1. The van der Waals surface area contributed by atoms with Gasteiger partial charge in [0.2, 0.25) is 5.91 Å². The third-order valence-electron chi connectivity index (χ3n) is 5.48. The molecule has 0 spiro atoms. The summed E-state index contributed by atoms with van der Waals surface area (Å²) in [6, 6.07) is 7.84. The fraction of sp³-hybridized carbons (Fsp3) is 0.632. The Balaban J connectivity index is 1.53. The van der Waals surface area contributed by atoms with Crippen LogP contribution >= 0.6 is 11.6 Å². The van der Waals surface area contributed by atoms with Gasteiger partial charge in [-0.2, -0.15) is 0 Å². The van der Waals surface area contributed by atoms with Gasteiger partial charge in [0.25, 0.3) is 0 Å². The normalized spacial score (nSPS) is 27.0. The summed E-state index contributed by atoms with van der Waals surface area (Å²) in [5.41, 5.74) is 0.913. The minimum Gasteiger partial charge on any atom is -0.388 e. The van der Waals surface area contributed by atoms with Gasteiger partial charge in [-0.3, -0.25) is 4.79 Å². The minimum absolute atomic E-state index is 0.166. The number of amides is 1. The summed E-state index contributed by atoms with van der Waals surface area (Å²) in [6.45, 7) is 4.59. The Morgan fingerprint density at radius 3 is 2.54 bits per heavy atom. The fourth-order valence-corrected chi connectivity index (χ4v) is 4.11. The summed E-state index contributed by atoms with van der Waals surface area (Å²) >= 11 is 5.91. The molecular formula is C19H27ClN2O2. The van der Waals surface area contributed by atoms with Gasteiger partial charge in [0.1, 0.15) is 0 Å². The Labute approximate surface area is 149 Å². The summed E-state index contributed by atoms with van der Waals surface area (Å²) in [5, 5.41) is 14.7. The number of rotatable bonds is 3. The summed E-state index contributed by atoms with van der Waals surface area (Å²) in [4.78, 5) is 14.7. The molecule has 132 valence electrons. The molecule has 4 nitrogen and oxygen atoms in total. The minimum atomic E-state index is -0.474. The number of carbonyl (C=O) groups is 1. The molecule has 0 bridgehead atoms. The maximum Gasteiger partial charge on any atom is 0.225 e. The number of benzene rings is 1. The lowest BCUT2D eigenvalue weighted by molar-refractivity contribution is -0.138. The Kier molecular flexibility index (Phi) is 5.80. The van der Waals surface area contributed by atoms with Gasteiger partial charge in [-0.1, -0.05) is 23.7 Å². The van der Waals surface area contributed by atoms with Crippen molar-refractivity contribution >= 4 is 17.5 Å². The van der Waals surface area contributed by atoms with Crippen molar-refractivity contribution in [2.45, 2.75) is 44.8 Å². The lowest BCUT2D eigenvalue weighted by Gasteiger charge is -2.37. The first kappa shape index (κ1) is 17.7. The highest BCUT2D eigenvalue weighted by Crippen LogP contribution is 2.32. The lowest BCUT2D eigenvalue weighted by Crippen LogP contribution is -2.47. The van der Waals surface area contributed by atoms with Crippen molar-refractivity contribution in [3.05, 3.63) is 34.9 Å². The average molecular weight is 351 g/mol. The van der Waals surface area contributed by atoms with Gasteiger partial charge in [0.15, 0.2) is 0 Å². The largest absolute Gasteiger partial charge is 0.388 e. The SMILES string of the molecule is C[C@H]1C[C@@H](C(=O)N2CCC(C(O)c3ccc(Cl)cc3)CC2)CCN1. The Morgan fingerprint density at radius 1 is 1.25 bits per heavy atom. The van der Waals surface area contributed by atoms with E-state index in [-0.39, 0.29) is 11.8 Å². The molecule has 2 saturated heterocycles. The average Bonchev–Trinajstić information content (AvgIpc) is 2.61. The highest BCUT2D eigenvalue weighted by molar-refractivity contribution is 6.30. The molecule has 2 fully saturated rings. The van der Waals surface area contributed by atoms with Gasteiger partial charge >= 0.3 is 0 Å². The number of likely N-dealkylation sites (tertiary alicyclic amines) is 1. The van der Waals surface area contributed by atoms with Crippen LogP contribution in [0.1, 0.15) is 44.3 Å². The molecule has 0 saturated carbocycles. The second-order valence-electron chi connectivity index (χ2n) is 7.24. The van der Waals surface area contributed by atoms with Crippen molar-refractivity contribution in [3.8, 4) is 0 Å². The van der Waals surface area contributed by atoms with Crippen LogP contribution in [0.25, 0.3) is 0 Å². The fourth-order valence-electron chi connectivity index (χ4n) is 3.98. The molecule has 1 aromatic rings. The van der Waals surface area contributed by atoms with E-state index in [1.165, 1.54) is 0 Å². The molecule has 1 unspecified atom stereocenters. The first-order chi connectivity index (χ1) is 11.5. The van der Waals surface area contributed by atoms with Gasteiger partial charge in [-0.05, 0) is 62.8 Å².